The lowest BCUT2D eigenvalue weighted by atomic mass is 9.67. The number of nitrogens with zero attached hydrogens (tertiary/aromatic N) is 3. The Morgan fingerprint density at radius 3 is 1.90 bits per heavy atom. The van der Waals surface area contributed by atoms with E-state index in [1.807, 2.05) is 18.5 Å². The van der Waals surface area contributed by atoms with Crippen LogP contribution >= 0.6 is 0 Å². The van der Waals surface area contributed by atoms with E-state index in [0.717, 1.165) is 16.9 Å². The van der Waals surface area contributed by atoms with Gasteiger partial charge in [-0.15, -0.1) is 0 Å². The van der Waals surface area contributed by atoms with Gasteiger partial charge in [0.15, 0.2) is 0 Å². The molecule has 11 aromatic rings. The largest absolute Gasteiger partial charge is 0.309 e. The minimum absolute atomic E-state index is 0.510. The number of fused-ring (bicyclic) bond motifs is 8. The van der Waals surface area contributed by atoms with Crippen LogP contribution in [0.3, 0.4) is 0 Å². The molecule has 1 aliphatic carbocycles. The van der Waals surface area contributed by atoms with Crippen molar-refractivity contribution >= 4 is 49.6 Å². The highest BCUT2D eigenvalue weighted by atomic mass is 15.2. The molecule has 284 valence electrons. The molecule has 0 fully saturated rings. The predicted molar refractivity (Wildman–Crippen MR) is 252 cm³/mol. The van der Waals surface area contributed by atoms with Crippen molar-refractivity contribution < 1.29 is 0 Å². The molecule has 13 rings (SSSR count). The Morgan fingerprint density at radius 2 is 1.08 bits per heavy atom. The number of para-hydroxylation sites is 1. The molecule has 0 amide bonds. The van der Waals surface area contributed by atoms with Crippen molar-refractivity contribution in [3.05, 3.63) is 247 Å². The molecule has 0 unspecified atom stereocenters. The minimum Gasteiger partial charge on any atom is -0.309 e. The van der Waals surface area contributed by atoms with Crippen LogP contribution < -0.4 is 4.90 Å². The van der Waals surface area contributed by atoms with Gasteiger partial charge in [0.05, 0.1) is 39.7 Å². The first kappa shape index (κ1) is 33.9. The quantitative estimate of drug-likeness (QED) is 0.174. The van der Waals surface area contributed by atoms with Gasteiger partial charge in [-0.05, 0) is 116 Å². The standard InChI is InChI=1S/C58H37N3/c1-3-18-41(19-4-1)58(42-20-5-2-6-21-42)51-27-9-7-24-45(51)48-35-50-47-26-12-15-38-16-13-29-55(57(38)47)60(56(50)36-52(48)58)43-22-11-17-39(33-43)40-30-31-54-49(34-40)46-25-8-10-28-53(46)61(54)44-23-14-32-59-37-44/h1-37H. The van der Waals surface area contributed by atoms with Crippen molar-refractivity contribution in [2.75, 3.05) is 4.90 Å². The second kappa shape index (κ2) is 13.0. The summed E-state index contributed by atoms with van der Waals surface area (Å²) in [7, 11) is 0. The van der Waals surface area contributed by atoms with E-state index >= 15 is 0 Å². The van der Waals surface area contributed by atoms with E-state index in [0.29, 0.717) is 0 Å². The second-order valence-corrected chi connectivity index (χ2v) is 16.3. The van der Waals surface area contributed by atoms with Crippen molar-refractivity contribution in [1.82, 2.24) is 9.55 Å². The molecule has 1 aliphatic heterocycles. The number of rotatable bonds is 5. The van der Waals surface area contributed by atoms with Gasteiger partial charge in [0, 0.05) is 33.6 Å². The van der Waals surface area contributed by atoms with Crippen LogP contribution in [-0.2, 0) is 5.41 Å². The van der Waals surface area contributed by atoms with Gasteiger partial charge in [0.1, 0.15) is 0 Å². The van der Waals surface area contributed by atoms with E-state index in [2.05, 4.69) is 221 Å². The fourth-order valence-corrected chi connectivity index (χ4v) is 10.8. The van der Waals surface area contributed by atoms with Crippen LogP contribution in [0.5, 0.6) is 0 Å². The maximum absolute atomic E-state index is 4.46. The number of hydrogen-bond donors (Lipinski definition) is 0. The summed E-state index contributed by atoms with van der Waals surface area (Å²) in [5, 5.41) is 4.96. The summed E-state index contributed by atoms with van der Waals surface area (Å²) in [4.78, 5) is 6.98. The molecule has 61 heavy (non-hydrogen) atoms. The van der Waals surface area contributed by atoms with Crippen molar-refractivity contribution in [3.63, 3.8) is 0 Å². The van der Waals surface area contributed by atoms with E-state index in [-0.39, 0.29) is 0 Å². The number of aromatic nitrogens is 2. The molecule has 3 heteroatoms. The van der Waals surface area contributed by atoms with Crippen LogP contribution in [0.1, 0.15) is 22.3 Å². The van der Waals surface area contributed by atoms with E-state index in [1.54, 1.807) is 0 Å². The molecule has 2 aromatic heterocycles. The average molecular weight is 776 g/mol. The molecule has 0 atom stereocenters. The Hall–Kier alpha value is -8.01. The molecule has 0 saturated carbocycles. The van der Waals surface area contributed by atoms with Gasteiger partial charge < -0.3 is 9.47 Å². The third-order valence-corrected chi connectivity index (χ3v) is 13.2. The highest BCUT2D eigenvalue weighted by Crippen LogP contribution is 2.60. The smallest absolute Gasteiger partial charge is 0.0714 e. The number of anilines is 3. The zero-order valence-electron chi connectivity index (χ0n) is 33.2. The first-order chi connectivity index (χ1) is 30.3. The van der Waals surface area contributed by atoms with E-state index < -0.39 is 5.41 Å². The summed E-state index contributed by atoms with van der Waals surface area (Å²) in [6, 6.07) is 78.6. The fourth-order valence-electron chi connectivity index (χ4n) is 10.8. The van der Waals surface area contributed by atoms with Gasteiger partial charge in [-0.1, -0.05) is 152 Å². The Labute approximate surface area is 354 Å². The lowest BCUT2D eigenvalue weighted by molar-refractivity contribution is 0.768. The summed E-state index contributed by atoms with van der Waals surface area (Å²) in [6.07, 6.45) is 3.77. The third kappa shape index (κ3) is 4.77. The van der Waals surface area contributed by atoms with Crippen LogP contribution in [0.2, 0.25) is 0 Å². The summed E-state index contributed by atoms with van der Waals surface area (Å²) in [5.74, 6) is 0. The highest BCUT2D eigenvalue weighted by Gasteiger charge is 2.47. The second-order valence-electron chi connectivity index (χ2n) is 16.3. The molecule has 0 bridgehead atoms. The summed E-state index contributed by atoms with van der Waals surface area (Å²) >= 11 is 0. The maximum Gasteiger partial charge on any atom is 0.0714 e. The summed E-state index contributed by atoms with van der Waals surface area (Å²) in [5.41, 5.74) is 18.9. The van der Waals surface area contributed by atoms with Crippen molar-refractivity contribution in [1.29, 1.82) is 0 Å². The zero-order chi connectivity index (χ0) is 40.1. The van der Waals surface area contributed by atoms with E-state index in [9.17, 15) is 0 Å². The molecule has 0 saturated heterocycles. The van der Waals surface area contributed by atoms with Crippen molar-refractivity contribution in [2.24, 2.45) is 0 Å². The molecule has 0 radical (unpaired) electrons. The molecular formula is C58H37N3. The molecule has 2 aliphatic rings. The lowest BCUT2D eigenvalue weighted by Gasteiger charge is -2.37. The Morgan fingerprint density at radius 1 is 0.393 bits per heavy atom. The monoisotopic (exact) mass is 775 g/mol. The number of pyridine rings is 1. The minimum atomic E-state index is -0.510. The Balaban J connectivity index is 1.06. The highest BCUT2D eigenvalue weighted by molar-refractivity contribution is 6.15. The SMILES string of the molecule is c1ccc(C2(c3ccccc3)c3ccccc3-c3cc4c(cc32)N(c2cccc(-c3ccc5c(c3)c3ccccc3n5-c3cccnc3)c2)c2cccc3cccc-4c23)cc1. The van der Waals surface area contributed by atoms with Gasteiger partial charge in [0.2, 0.25) is 0 Å². The van der Waals surface area contributed by atoms with Crippen LogP contribution in [0.4, 0.5) is 17.1 Å². The van der Waals surface area contributed by atoms with Crippen molar-refractivity contribution in [2.45, 2.75) is 5.41 Å². The average Bonchev–Trinajstić information content (AvgIpc) is 3.82. The van der Waals surface area contributed by atoms with Crippen LogP contribution in [0.15, 0.2) is 225 Å². The molecular weight excluding hydrogens is 739 g/mol. The number of benzene rings is 9. The van der Waals surface area contributed by atoms with Crippen LogP contribution in [0.25, 0.3) is 71.6 Å². The van der Waals surface area contributed by atoms with Gasteiger partial charge in [-0.2, -0.15) is 0 Å². The Kier molecular flexibility index (Phi) is 7.22. The summed E-state index contributed by atoms with van der Waals surface area (Å²) in [6.45, 7) is 0. The van der Waals surface area contributed by atoms with Gasteiger partial charge >= 0.3 is 0 Å². The topological polar surface area (TPSA) is 21.1 Å². The van der Waals surface area contributed by atoms with Gasteiger partial charge in [-0.3, -0.25) is 4.98 Å². The van der Waals surface area contributed by atoms with Crippen LogP contribution in [-0.4, -0.2) is 9.55 Å². The van der Waals surface area contributed by atoms with Gasteiger partial charge in [-0.25, -0.2) is 0 Å². The maximum atomic E-state index is 4.46. The molecule has 0 N–H and O–H groups in total. The molecule has 9 aromatic carbocycles. The molecule has 0 spiro atoms. The van der Waals surface area contributed by atoms with Gasteiger partial charge in [0.25, 0.3) is 0 Å². The Bertz CT molecular complexity index is 3490. The fraction of sp³-hybridized carbons (Fsp3) is 0.0172. The summed E-state index contributed by atoms with van der Waals surface area (Å²) < 4.78 is 2.32. The molecule has 3 nitrogen and oxygen atoms in total. The predicted octanol–water partition coefficient (Wildman–Crippen LogP) is 14.8. The zero-order valence-corrected chi connectivity index (χ0v) is 33.2. The number of hydrogen-bond acceptors (Lipinski definition) is 2. The first-order valence-electron chi connectivity index (χ1n) is 21.0. The normalized spacial score (nSPS) is 13.3. The lowest BCUT2D eigenvalue weighted by Crippen LogP contribution is -2.29. The van der Waals surface area contributed by atoms with E-state index in [4.69, 9.17) is 0 Å². The third-order valence-electron chi connectivity index (χ3n) is 13.2. The van der Waals surface area contributed by atoms with Crippen LogP contribution in [0, 0.1) is 0 Å². The molecule has 3 heterocycles. The first-order valence-corrected chi connectivity index (χ1v) is 21.0. The van der Waals surface area contributed by atoms with E-state index in [1.165, 1.54) is 94.1 Å². The van der Waals surface area contributed by atoms with Crippen molar-refractivity contribution in [3.8, 4) is 39.1 Å².